The number of hydrogen-bond acceptors (Lipinski definition) is 6. The van der Waals surface area contributed by atoms with E-state index in [4.69, 9.17) is 20.5 Å². The highest BCUT2D eigenvalue weighted by molar-refractivity contribution is 5.52. The smallest absolute Gasteiger partial charge is 0.268 e. The lowest BCUT2D eigenvalue weighted by Gasteiger charge is -2.10. The minimum absolute atomic E-state index is 0.216. The quantitative estimate of drug-likeness (QED) is 0.898. The third-order valence-electron chi connectivity index (χ3n) is 2.42. The summed E-state index contributed by atoms with van der Waals surface area (Å²) >= 11 is 0. The fraction of sp³-hybridized carbons (Fsp3) is 0.154. The molecule has 0 bridgehead atoms. The molecule has 0 unspecified atom stereocenters. The van der Waals surface area contributed by atoms with Crippen LogP contribution in [0.25, 0.3) is 0 Å². The zero-order valence-corrected chi connectivity index (χ0v) is 10.3. The Hall–Kier alpha value is -2.81. The van der Waals surface area contributed by atoms with E-state index in [1.165, 1.54) is 13.4 Å². The number of nitriles is 1. The van der Waals surface area contributed by atoms with Gasteiger partial charge in [0.05, 0.1) is 19.6 Å². The molecule has 1 aromatic carbocycles. The number of nitrogens with zero attached hydrogens (tertiary/aromatic N) is 3. The summed E-state index contributed by atoms with van der Waals surface area (Å²) in [5.74, 6) is 1.35. The standard InChI is InChI=1S/C13H12N4O2/c1-18-11-12(15)16-8-17-13(11)19-10-4-2-9(3-5-10)6-7-14/h2-5,8H,6H2,1H3,(H2,15,16,17). The average molecular weight is 256 g/mol. The molecule has 2 rings (SSSR count). The Morgan fingerprint density at radius 3 is 2.63 bits per heavy atom. The predicted octanol–water partition coefficient (Wildman–Crippen LogP) is 1.93. The molecule has 2 aromatic rings. The summed E-state index contributed by atoms with van der Waals surface area (Å²) in [6, 6.07) is 9.22. The molecule has 6 nitrogen and oxygen atoms in total. The molecule has 0 radical (unpaired) electrons. The Morgan fingerprint density at radius 1 is 1.26 bits per heavy atom. The third kappa shape index (κ3) is 2.90. The number of nitrogens with two attached hydrogens (primary N) is 1. The Morgan fingerprint density at radius 2 is 2.00 bits per heavy atom. The second-order valence-electron chi connectivity index (χ2n) is 3.68. The van der Waals surface area contributed by atoms with E-state index in [9.17, 15) is 0 Å². The average Bonchev–Trinajstić information content (AvgIpc) is 2.42. The molecule has 0 atom stereocenters. The van der Waals surface area contributed by atoms with Crippen LogP contribution in [0.4, 0.5) is 5.82 Å². The highest BCUT2D eigenvalue weighted by Gasteiger charge is 2.11. The maximum absolute atomic E-state index is 8.59. The van der Waals surface area contributed by atoms with Crippen LogP contribution in [0.15, 0.2) is 30.6 Å². The van der Waals surface area contributed by atoms with Crippen molar-refractivity contribution in [2.24, 2.45) is 0 Å². The summed E-state index contributed by atoms with van der Waals surface area (Å²) in [6.45, 7) is 0. The molecule has 0 aliphatic heterocycles. The summed E-state index contributed by atoms with van der Waals surface area (Å²) < 4.78 is 10.7. The number of methoxy groups -OCH3 is 1. The normalized spacial score (nSPS) is 9.68. The maximum Gasteiger partial charge on any atom is 0.268 e. The van der Waals surface area contributed by atoms with Crippen LogP contribution in [0.2, 0.25) is 0 Å². The molecule has 0 amide bonds. The van der Waals surface area contributed by atoms with Crippen molar-refractivity contribution in [3.63, 3.8) is 0 Å². The van der Waals surface area contributed by atoms with Crippen molar-refractivity contribution in [1.29, 1.82) is 5.26 Å². The van der Waals surface area contributed by atoms with Crippen LogP contribution in [0.1, 0.15) is 5.56 Å². The summed E-state index contributed by atoms with van der Waals surface area (Å²) in [7, 11) is 1.47. The van der Waals surface area contributed by atoms with E-state index >= 15 is 0 Å². The second kappa shape index (κ2) is 5.69. The molecule has 0 aliphatic carbocycles. The van der Waals surface area contributed by atoms with Gasteiger partial charge in [-0.25, -0.2) is 4.98 Å². The molecule has 1 heterocycles. The Kier molecular flexibility index (Phi) is 3.78. The molecule has 96 valence electrons. The zero-order chi connectivity index (χ0) is 13.7. The van der Waals surface area contributed by atoms with Gasteiger partial charge in [-0.05, 0) is 17.7 Å². The summed E-state index contributed by atoms with van der Waals surface area (Å²) in [4.78, 5) is 7.79. The lowest BCUT2D eigenvalue weighted by Crippen LogP contribution is -2.00. The molecule has 19 heavy (non-hydrogen) atoms. The van der Waals surface area contributed by atoms with Crippen molar-refractivity contribution in [2.75, 3.05) is 12.8 Å². The van der Waals surface area contributed by atoms with Crippen LogP contribution < -0.4 is 15.2 Å². The molecule has 0 spiro atoms. The van der Waals surface area contributed by atoms with E-state index < -0.39 is 0 Å². The van der Waals surface area contributed by atoms with Gasteiger partial charge in [0.2, 0.25) is 5.75 Å². The van der Waals surface area contributed by atoms with Crippen molar-refractivity contribution in [3.05, 3.63) is 36.2 Å². The molecule has 0 fully saturated rings. The minimum atomic E-state index is 0.216. The van der Waals surface area contributed by atoms with Crippen molar-refractivity contribution < 1.29 is 9.47 Å². The van der Waals surface area contributed by atoms with Gasteiger partial charge in [-0.1, -0.05) is 12.1 Å². The van der Waals surface area contributed by atoms with Crippen molar-refractivity contribution >= 4 is 5.82 Å². The lowest BCUT2D eigenvalue weighted by atomic mass is 10.2. The van der Waals surface area contributed by atoms with Crippen LogP contribution in [0.5, 0.6) is 17.4 Å². The van der Waals surface area contributed by atoms with E-state index in [-0.39, 0.29) is 11.7 Å². The number of rotatable bonds is 4. The number of ether oxygens (including phenoxy) is 2. The van der Waals surface area contributed by atoms with Gasteiger partial charge < -0.3 is 15.2 Å². The summed E-state index contributed by atoms with van der Waals surface area (Å²) in [5.41, 5.74) is 6.58. The van der Waals surface area contributed by atoms with E-state index in [0.717, 1.165) is 5.56 Å². The SMILES string of the molecule is COc1c(N)ncnc1Oc1ccc(CC#N)cc1. The van der Waals surface area contributed by atoms with Crippen LogP contribution in [-0.4, -0.2) is 17.1 Å². The maximum atomic E-state index is 8.59. The van der Waals surface area contributed by atoms with Gasteiger partial charge >= 0.3 is 0 Å². The summed E-state index contributed by atoms with van der Waals surface area (Å²) in [6.07, 6.45) is 1.67. The lowest BCUT2D eigenvalue weighted by molar-refractivity contribution is 0.369. The Balaban J connectivity index is 2.22. The molecule has 2 N–H and O–H groups in total. The number of benzene rings is 1. The Bertz CT molecular complexity index is 605. The number of nitrogen functional groups attached to an aromatic ring is 1. The first-order valence-electron chi connectivity index (χ1n) is 5.52. The molecule has 0 saturated carbocycles. The van der Waals surface area contributed by atoms with Gasteiger partial charge in [0.15, 0.2) is 5.82 Å². The molecule has 0 saturated heterocycles. The van der Waals surface area contributed by atoms with Gasteiger partial charge in [0, 0.05) is 0 Å². The molecular weight excluding hydrogens is 244 g/mol. The van der Waals surface area contributed by atoms with Gasteiger partial charge in [0.25, 0.3) is 5.88 Å². The number of hydrogen-bond donors (Lipinski definition) is 1. The largest absolute Gasteiger partial charge is 0.489 e. The monoisotopic (exact) mass is 256 g/mol. The first-order chi connectivity index (χ1) is 9.24. The summed E-state index contributed by atoms with van der Waals surface area (Å²) in [5, 5.41) is 8.59. The van der Waals surface area contributed by atoms with Crippen molar-refractivity contribution in [3.8, 4) is 23.4 Å². The van der Waals surface area contributed by atoms with Gasteiger partial charge in [-0.2, -0.15) is 10.2 Å². The highest BCUT2D eigenvalue weighted by atomic mass is 16.5. The second-order valence-corrected chi connectivity index (χ2v) is 3.68. The molecule has 1 aromatic heterocycles. The van der Waals surface area contributed by atoms with E-state index in [1.54, 1.807) is 12.1 Å². The fourth-order valence-corrected chi connectivity index (χ4v) is 1.51. The molecule has 0 aliphatic rings. The first-order valence-corrected chi connectivity index (χ1v) is 5.52. The number of aromatic nitrogens is 2. The molecular formula is C13H12N4O2. The van der Waals surface area contributed by atoms with Gasteiger partial charge in [0.1, 0.15) is 12.1 Å². The fourth-order valence-electron chi connectivity index (χ4n) is 1.51. The van der Waals surface area contributed by atoms with Crippen LogP contribution >= 0.6 is 0 Å². The van der Waals surface area contributed by atoms with Gasteiger partial charge in [-0.3, -0.25) is 0 Å². The highest BCUT2D eigenvalue weighted by Crippen LogP contribution is 2.32. The van der Waals surface area contributed by atoms with E-state index in [0.29, 0.717) is 17.9 Å². The Labute approximate surface area is 110 Å². The van der Waals surface area contributed by atoms with Crippen molar-refractivity contribution in [2.45, 2.75) is 6.42 Å². The molecule has 6 heteroatoms. The number of anilines is 1. The van der Waals surface area contributed by atoms with E-state index in [2.05, 4.69) is 16.0 Å². The minimum Gasteiger partial charge on any atom is -0.489 e. The van der Waals surface area contributed by atoms with Crippen molar-refractivity contribution in [1.82, 2.24) is 9.97 Å². The first kappa shape index (κ1) is 12.6. The topological polar surface area (TPSA) is 94.1 Å². The van der Waals surface area contributed by atoms with E-state index in [1.807, 2.05) is 12.1 Å². The predicted molar refractivity (Wildman–Crippen MR) is 68.8 cm³/mol. The zero-order valence-electron chi connectivity index (χ0n) is 10.3. The van der Waals surface area contributed by atoms with Crippen LogP contribution in [0.3, 0.4) is 0 Å². The third-order valence-corrected chi connectivity index (χ3v) is 2.42. The van der Waals surface area contributed by atoms with Crippen LogP contribution in [-0.2, 0) is 6.42 Å². The van der Waals surface area contributed by atoms with Crippen LogP contribution in [0, 0.1) is 11.3 Å². The van der Waals surface area contributed by atoms with Gasteiger partial charge in [-0.15, -0.1) is 0 Å².